The first-order valence-electron chi connectivity index (χ1n) is 7.73. The molecule has 1 aliphatic carbocycles. The van der Waals surface area contributed by atoms with Crippen LogP contribution in [-0.2, 0) is 11.8 Å². The molecule has 2 heterocycles. The van der Waals surface area contributed by atoms with E-state index in [2.05, 4.69) is 22.2 Å². The molecule has 110 valence electrons. The Balaban J connectivity index is 1.59. The fraction of sp³-hybridized carbons (Fsp3) is 0.500. The van der Waals surface area contributed by atoms with Crippen molar-refractivity contribution < 1.29 is 4.79 Å². The number of nitrogens with one attached hydrogen (secondary N) is 2. The molecule has 0 spiro atoms. The summed E-state index contributed by atoms with van der Waals surface area (Å²) >= 11 is 0. The first-order chi connectivity index (χ1) is 10.2. The second-order valence-corrected chi connectivity index (χ2v) is 6.14. The van der Waals surface area contributed by atoms with Crippen LogP contribution >= 0.6 is 0 Å². The summed E-state index contributed by atoms with van der Waals surface area (Å²) in [4.78, 5) is 16.9. The topological polar surface area (TPSA) is 59.0 Å². The van der Waals surface area contributed by atoms with Gasteiger partial charge in [-0.05, 0) is 50.4 Å². The van der Waals surface area contributed by atoms with Gasteiger partial charge >= 0.3 is 0 Å². The number of amides is 1. The van der Waals surface area contributed by atoms with Gasteiger partial charge in [0.2, 0.25) is 5.91 Å². The molecule has 0 bridgehead atoms. The van der Waals surface area contributed by atoms with E-state index in [1.165, 1.54) is 18.7 Å². The molecule has 21 heavy (non-hydrogen) atoms. The van der Waals surface area contributed by atoms with Gasteiger partial charge in [-0.25, -0.2) is 4.98 Å². The number of nitrogens with zero attached hydrogens (tertiary/aromatic N) is 2. The monoisotopic (exact) mass is 284 g/mol. The summed E-state index contributed by atoms with van der Waals surface area (Å²) in [5.74, 6) is 1.86. The standard InChI is InChI=1S/C16H20N4O/c1-20-14-7-6-11(18-16(21)12-3-2-8-17-12)9-13(14)19-15(20)10-4-5-10/h6-7,9-10,12,17H,2-5,8H2,1H3,(H,18,21)/t12-/m0/s1. The number of fused-ring (bicyclic) bond motifs is 1. The Kier molecular flexibility index (Phi) is 2.96. The SMILES string of the molecule is Cn1c(C2CC2)nc2cc(NC(=O)[C@@H]3CCCN3)ccc21. The van der Waals surface area contributed by atoms with E-state index in [1.54, 1.807) is 0 Å². The number of benzene rings is 1. The van der Waals surface area contributed by atoms with E-state index in [-0.39, 0.29) is 11.9 Å². The molecule has 1 atom stereocenters. The average Bonchev–Trinajstić information content (AvgIpc) is 3.06. The van der Waals surface area contributed by atoms with Crippen molar-refractivity contribution in [3.8, 4) is 0 Å². The Morgan fingerprint density at radius 2 is 2.24 bits per heavy atom. The maximum absolute atomic E-state index is 12.1. The Labute approximate surface area is 123 Å². The molecule has 2 N–H and O–H groups in total. The molecule has 5 heteroatoms. The van der Waals surface area contributed by atoms with E-state index in [1.807, 2.05) is 18.2 Å². The molecule has 4 rings (SSSR count). The number of aryl methyl sites for hydroxylation is 1. The van der Waals surface area contributed by atoms with Crippen LogP contribution in [0.15, 0.2) is 18.2 Å². The highest BCUT2D eigenvalue weighted by Crippen LogP contribution is 2.40. The van der Waals surface area contributed by atoms with E-state index < -0.39 is 0 Å². The molecular formula is C16H20N4O. The molecule has 1 saturated carbocycles. The Hall–Kier alpha value is -1.88. The number of hydrogen-bond acceptors (Lipinski definition) is 3. The van der Waals surface area contributed by atoms with Crippen LogP contribution < -0.4 is 10.6 Å². The molecule has 1 amide bonds. The van der Waals surface area contributed by atoms with Crippen LogP contribution in [0.3, 0.4) is 0 Å². The minimum absolute atomic E-state index is 0.0496. The summed E-state index contributed by atoms with van der Waals surface area (Å²) in [7, 11) is 2.07. The zero-order valence-corrected chi connectivity index (χ0v) is 12.2. The fourth-order valence-corrected chi connectivity index (χ4v) is 3.14. The lowest BCUT2D eigenvalue weighted by atomic mass is 10.2. The zero-order chi connectivity index (χ0) is 14.4. The van der Waals surface area contributed by atoms with Crippen molar-refractivity contribution in [2.45, 2.75) is 37.6 Å². The lowest BCUT2D eigenvalue weighted by Gasteiger charge is -2.11. The summed E-state index contributed by atoms with van der Waals surface area (Å²) in [5.41, 5.74) is 2.94. The summed E-state index contributed by atoms with van der Waals surface area (Å²) in [6.07, 6.45) is 4.48. The van der Waals surface area contributed by atoms with E-state index in [0.717, 1.165) is 36.1 Å². The van der Waals surface area contributed by atoms with Crippen LogP contribution in [0.5, 0.6) is 0 Å². The van der Waals surface area contributed by atoms with Crippen molar-refractivity contribution in [2.75, 3.05) is 11.9 Å². The Bertz CT molecular complexity index is 696. The highest BCUT2D eigenvalue weighted by molar-refractivity contribution is 5.96. The molecule has 1 aromatic carbocycles. The van der Waals surface area contributed by atoms with E-state index >= 15 is 0 Å². The second kappa shape index (κ2) is 4.84. The zero-order valence-electron chi connectivity index (χ0n) is 12.2. The first-order valence-corrected chi connectivity index (χ1v) is 7.73. The van der Waals surface area contributed by atoms with Crippen molar-refractivity contribution in [1.82, 2.24) is 14.9 Å². The number of rotatable bonds is 3. The van der Waals surface area contributed by atoms with Gasteiger partial charge in [0.15, 0.2) is 0 Å². The smallest absolute Gasteiger partial charge is 0.241 e. The maximum atomic E-state index is 12.1. The van der Waals surface area contributed by atoms with Crippen molar-refractivity contribution in [3.63, 3.8) is 0 Å². The maximum Gasteiger partial charge on any atom is 0.241 e. The molecule has 5 nitrogen and oxygen atoms in total. The third-order valence-corrected chi connectivity index (χ3v) is 4.50. The average molecular weight is 284 g/mol. The summed E-state index contributed by atoms with van der Waals surface area (Å²) < 4.78 is 2.18. The van der Waals surface area contributed by atoms with Crippen molar-refractivity contribution >= 4 is 22.6 Å². The minimum Gasteiger partial charge on any atom is -0.331 e. The normalized spacial score (nSPS) is 21.9. The molecule has 2 aliphatic rings. The molecule has 1 aliphatic heterocycles. The third-order valence-electron chi connectivity index (χ3n) is 4.50. The van der Waals surface area contributed by atoms with Gasteiger partial charge in [-0.15, -0.1) is 0 Å². The van der Waals surface area contributed by atoms with Gasteiger partial charge in [-0.2, -0.15) is 0 Å². The predicted octanol–water partition coefficient (Wildman–Crippen LogP) is 2.14. The quantitative estimate of drug-likeness (QED) is 0.908. The molecule has 2 fully saturated rings. The molecule has 2 aromatic rings. The molecular weight excluding hydrogens is 264 g/mol. The van der Waals surface area contributed by atoms with E-state index in [0.29, 0.717) is 5.92 Å². The predicted molar refractivity (Wildman–Crippen MR) is 82.3 cm³/mol. The van der Waals surface area contributed by atoms with Gasteiger partial charge in [0, 0.05) is 18.7 Å². The van der Waals surface area contributed by atoms with Gasteiger partial charge in [0.25, 0.3) is 0 Å². The van der Waals surface area contributed by atoms with Gasteiger partial charge in [0.05, 0.1) is 17.1 Å². The molecule has 1 saturated heterocycles. The highest BCUT2D eigenvalue weighted by Gasteiger charge is 2.28. The van der Waals surface area contributed by atoms with Crippen LogP contribution in [0.1, 0.15) is 37.4 Å². The molecule has 1 aromatic heterocycles. The lowest BCUT2D eigenvalue weighted by molar-refractivity contribution is -0.117. The third kappa shape index (κ3) is 2.31. The largest absolute Gasteiger partial charge is 0.331 e. The van der Waals surface area contributed by atoms with Crippen LogP contribution in [-0.4, -0.2) is 28.0 Å². The number of anilines is 1. The fourth-order valence-electron chi connectivity index (χ4n) is 3.14. The van der Waals surface area contributed by atoms with Crippen molar-refractivity contribution in [1.29, 1.82) is 0 Å². The van der Waals surface area contributed by atoms with Crippen LogP contribution in [0.4, 0.5) is 5.69 Å². The van der Waals surface area contributed by atoms with Gasteiger partial charge in [0.1, 0.15) is 5.82 Å². The number of imidazole rings is 1. The van der Waals surface area contributed by atoms with Gasteiger partial charge < -0.3 is 15.2 Å². The molecule has 0 radical (unpaired) electrons. The summed E-state index contributed by atoms with van der Waals surface area (Å²) in [5, 5.41) is 6.22. The Morgan fingerprint density at radius 3 is 2.95 bits per heavy atom. The van der Waals surface area contributed by atoms with Gasteiger partial charge in [-0.3, -0.25) is 4.79 Å². The van der Waals surface area contributed by atoms with Gasteiger partial charge in [-0.1, -0.05) is 0 Å². The number of aromatic nitrogens is 2. The summed E-state index contributed by atoms with van der Waals surface area (Å²) in [6.45, 7) is 0.933. The highest BCUT2D eigenvalue weighted by atomic mass is 16.2. The first kappa shape index (κ1) is 12.8. The summed E-state index contributed by atoms with van der Waals surface area (Å²) in [6, 6.07) is 5.94. The van der Waals surface area contributed by atoms with Crippen molar-refractivity contribution in [3.05, 3.63) is 24.0 Å². The van der Waals surface area contributed by atoms with E-state index in [4.69, 9.17) is 4.98 Å². The van der Waals surface area contributed by atoms with Crippen LogP contribution in [0.25, 0.3) is 11.0 Å². The lowest BCUT2D eigenvalue weighted by Crippen LogP contribution is -2.35. The Morgan fingerprint density at radius 1 is 1.38 bits per heavy atom. The number of hydrogen-bond donors (Lipinski definition) is 2. The second-order valence-electron chi connectivity index (χ2n) is 6.14. The van der Waals surface area contributed by atoms with Crippen molar-refractivity contribution in [2.24, 2.45) is 7.05 Å². The van der Waals surface area contributed by atoms with Crippen LogP contribution in [0, 0.1) is 0 Å². The minimum atomic E-state index is -0.0496. The van der Waals surface area contributed by atoms with E-state index in [9.17, 15) is 4.79 Å². The number of carbonyl (C=O) groups excluding carboxylic acids is 1. The number of carbonyl (C=O) groups is 1. The van der Waals surface area contributed by atoms with Crippen LogP contribution in [0.2, 0.25) is 0 Å². The molecule has 0 unspecified atom stereocenters.